The van der Waals surface area contributed by atoms with Crippen LogP contribution < -0.4 is 10.5 Å². The smallest absolute Gasteiger partial charge is 0.182 e. The van der Waals surface area contributed by atoms with Crippen LogP contribution in [0.2, 0.25) is 0 Å². The maximum Gasteiger partial charge on any atom is 0.182 e. The van der Waals surface area contributed by atoms with Crippen LogP contribution in [0.4, 0.5) is 5.69 Å². The molecule has 3 N–H and O–H groups in total. The fraction of sp³-hybridized carbons (Fsp3) is 0.333. The van der Waals surface area contributed by atoms with Crippen molar-refractivity contribution < 1.29 is 9.84 Å². The minimum Gasteiger partial charge on any atom is -0.503 e. The van der Waals surface area contributed by atoms with Gasteiger partial charge in [-0.2, -0.15) is 0 Å². The predicted octanol–water partition coefficient (Wildman–Crippen LogP) is 2.36. The zero-order valence-electron chi connectivity index (χ0n) is 7.81. The van der Waals surface area contributed by atoms with E-state index in [4.69, 9.17) is 10.5 Å². The number of nitrogens with two attached hydrogens (primary N) is 1. The highest BCUT2D eigenvalue weighted by Crippen LogP contribution is 2.43. The van der Waals surface area contributed by atoms with Gasteiger partial charge < -0.3 is 15.6 Å². The van der Waals surface area contributed by atoms with Gasteiger partial charge in [-0.15, -0.1) is 0 Å². The Morgan fingerprint density at radius 2 is 1.85 bits per heavy atom. The van der Waals surface area contributed by atoms with Crippen molar-refractivity contribution in [3.8, 4) is 11.5 Å². The quantitative estimate of drug-likeness (QED) is 0.590. The van der Waals surface area contributed by atoms with Gasteiger partial charge in [-0.3, -0.25) is 0 Å². The molecule has 1 rings (SSSR count). The number of anilines is 1. The van der Waals surface area contributed by atoms with Crippen LogP contribution in [0.3, 0.4) is 0 Å². The van der Waals surface area contributed by atoms with Crippen molar-refractivity contribution in [1.29, 1.82) is 0 Å². The molecule has 0 fully saturated rings. The second-order valence-electron chi connectivity index (χ2n) is 2.86. The molecule has 0 saturated heterocycles. The molecule has 0 amide bonds. The summed E-state index contributed by atoms with van der Waals surface area (Å²) < 4.78 is 5.76. The Morgan fingerprint density at radius 1 is 1.31 bits per heavy atom. The third kappa shape index (κ3) is 1.46. The molecule has 0 bridgehead atoms. The average Bonchev–Trinajstić information content (AvgIpc) is 2.13. The molecule has 0 unspecified atom stereocenters. The van der Waals surface area contributed by atoms with E-state index in [1.807, 2.05) is 13.8 Å². The highest BCUT2D eigenvalue weighted by molar-refractivity contribution is 9.10. The number of phenols is 1. The van der Waals surface area contributed by atoms with E-state index >= 15 is 0 Å². The zero-order chi connectivity index (χ0) is 10.2. The van der Waals surface area contributed by atoms with E-state index in [1.54, 1.807) is 0 Å². The lowest BCUT2D eigenvalue weighted by Crippen LogP contribution is -1.97. The molecule has 3 nitrogen and oxygen atoms in total. The molecule has 0 aromatic heterocycles. The molecule has 1 aromatic carbocycles. The van der Waals surface area contributed by atoms with Gasteiger partial charge in [-0.1, -0.05) is 0 Å². The number of ether oxygens (including phenoxy) is 1. The number of rotatable bonds is 1. The number of nitrogen functional groups attached to an aromatic ring is 1. The average molecular weight is 246 g/mol. The number of phenolic OH excluding ortho intramolecular Hbond substituents is 1. The van der Waals surface area contributed by atoms with Crippen LogP contribution in [0.25, 0.3) is 0 Å². The molecule has 0 radical (unpaired) electrons. The molecule has 0 heterocycles. The van der Waals surface area contributed by atoms with Gasteiger partial charge >= 0.3 is 0 Å². The van der Waals surface area contributed by atoms with Crippen LogP contribution in [0, 0.1) is 13.8 Å². The summed E-state index contributed by atoms with van der Waals surface area (Å²) in [4.78, 5) is 0. The van der Waals surface area contributed by atoms with Crippen molar-refractivity contribution in [3.63, 3.8) is 0 Å². The van der Waals surface area contributed by atoms with Gasteiger partial charge in [-0.25, -0.2) is 0 Å². The Balaban J connectivity index is 3.56. The number of benzene rings is 1. The number of halogens is 1. The first kappa shape index (κ1) is 10.2. The number of methoxy groups -OCH3 is 1. The summed E-state index contributed by atoms with van der Waals surface area (Å²) in [5.41, 5.74) is 7.89. The maximum atomic E-state index is 9.60. The van der Waals surface area contributed by atoms with Crippen LogP contribution in [-0.2, 0) is 0 Å². The van der Waals surface area contributed by atoms with Crippen LogP contribution in [0.5, 0.6) is 11.5 Å². The molecular formula is C9H12BrNO2. The Bertz CT molecular complexity index is 321. The fourth-order valence-corrected chi connectivity index (χ4v) is 1.77. The Kier molecular flexibility index (Phi) is 2.71. The molecule has 0 spiro atoms. The van der Waals surface area contributed by atoms with Gasteiger partial charge in [-0.05, 0) is 40.9 Å². The molecule has 4 heteroatoms. The van der Waals surface area contributed by atoms with Crippen molar-refractivity contribution in [2.45, 2.75) is 13.8 Å². The lowest BCUT2D eigenvalue weighted by Gasteiger charge is -2.13. The molecule has 0 aliphatic heterocycles. The third-order valence-corrected chi connectivity index (χ3v) is 3.12. The summed E-state index contributed by atoms with van der Waals surface area (Å²) in [6, 6.07) is 0. The Hall–Kier alpha value is -0.900. The van der Waals surface area contributed by atoms with E-state index < -0.39 is 0 Å². The van der Waals surface area contributed by atoms with E-state index in [-0.39, 0.29) is 5.75 Å². The minimum atomic E-state index is -0.00234. The summed E-state index contributed by atoms with van der Waals surface area (Å²) in [6.07, 6.45) is 0. The van der Waals surface area contributed by atoms with E-state index in [2.05, 4.69) is 15.9 Å². The highest BCUT2D eigenvalue weighted by atomic mass is 79.9. The van der Waals surface area contributed by atoms with Crippen molar-refractivity contribution in [1.82, 2.24) is 0 Å². The van der Waals surface area contributed by atoms with E-state index in [0.717, 1.165) is 15.6 Å². The fourth-order valence-electron chi connectivity index (χ4n) is 1.13. The van der Waals surface area contributed by atoms with Gasteiger partial charge in [0.05, 0.1) is 17.3 Å². The van der Waals surface area contributed by atoms with Crippen LogP contribution in [0.15, 0.2) is 4.47 Å². The lowest BCUT2D eigenvalue weighted by molar-refractivity contribution is 0.372. The number of hydrogen-bond donors (Lipinski definition) is 2. The second kappa shape index (κ2) is 3.46. The minimum absolute atomic E-state index is 0.00234. The van der Waals surface area contributed by atoms with Crippen LogP contribution >= 0.6 is 15.9 Å². The first-order chi connectivity index (χ1) is 6.00. The predicted molar refractivity (Wildman–Crippen MR) is 56.2 cm³/mol. The van der Waals surface area contributed by atoms with Gasteiger partial charge in [0, 0.05) is 0 Å². The van der Waals surface area contributed by atoms with Crippen LogP contribution in [0.1, 0.15) is 11.1 Å². The largest absolute Gasteiger partial charge is 0.503 e. The molecule has 1 aromatic rings. The normalized spacial score (nSPS) is 10.2. The van der Waals surface area contributed by atoms with Gasteiger partial charge in [0.1, 0.15) is 0 Å². The molecule has 13 heavy (non-hydrogen) atoms. The summed E-state index contributed by atoms with van der Waals surface area (Å²) in [7, 11) is 1.49. The molecule has 0 saturated carbocycles. The monoisotopic (exact) mass is 245 g/mol. The Labute approximate surface area is 85.6 Å². The summed E-state index contributed by atoms with van der Waals surface area (Å²) in [5, 5.41) is 9.60. The molecule has 0 atom stereocenters. The summed E-state index contributed by atoms with van der Waals surface area (Å²) in [6.45, 7) is 3.77. The van der Waals surface area contributed by atoms with Crippen molar-refractivity contribution in [2.75, 3.05) is 12.8 Å². The lowest BCUT2D eigenvalue weighted by atomic mass is 10.1. The molecule has 0 aliphatic rings. The van der Waals surface area contributed by atoms with Crippen molar-refractivity contribution in [2.24, 2.45) is 0 Å². The van der Waals surface area contributed by atoms with E-state index in [1.165, 1.54) is 7.11 Å². The van der Waals surface area contributed by atoms with Gasteiger partial charge in [0.25, 0.3) is 0 Å². The van der Waals surface area contributed by atoms with Gasteiger partial charge in [0.15, 0.2) is 11.5 Å². The molecular weight excluding hydrogens is 234 g/mol. The second-order valence-corrected chi connectivity index (χ2v) is 3.65. The Morgan fingerprint density at radius 3 is 2.31 bits per heavy atom. The summed E-state index contributed by atoms with van der Waals surface area (Å²) >= 11 is 3.34. The van der Waals surface area contributed by atoms with E-state index in [0.29, 0.717) is 11.4 Å². The number of aromatic hydroxyl groups is 1. The highest BCUT2D eigenvalue weighted by Gasteiger charge is 2.16. The molecule has 0 aliphatic carbocycles. The van der Waals surface area contributed by atoms with Gasteiger partial charge in [0.2, 0.25) is 0 Å². The topological polar surface area (TPSA) is 55.5 Å². The SMILES string of the molecule is COc1c(O)c(N)c(C)c(C)c1Br. The maximum absolute atomic E-state index is 9.60. The first-order valence-electron chi connectivity index (χ1n) is 3.81. The van der Waals surface area contributed by atoms with Crippen LogP contribution in [-0.4, -0.2) is 12.2 Å². The van der Waals surface area contributed by atoms with Crippen molar-refractivity contribution in [3.05, 3.63) is 15.6 Å². The first-order valence-corrected chi connectivity index (χ1v) is 4.61. The molecule has 72 valence electrons. The number of hydrogen-bond acceptors (Lipinski definition) is 3. The zero-order valence-corrected chi connectivity index (χ0v) is 9.40. The van der Waals surface area contributed by atoms with Crippen molar-refractivity contribution >= 4 is 21.6 Å². The standard InChI is InChI=1S/C9H12BrNO2/c1-4-5(2)7(11)8(12)9(13-3)6(4)10/h12H,11H2,1-3H3. The van der Waals surface area contributed by atoms with E-state index in [9.17, 15) is 5.11 Å². The summed E-state index contributed by atoms with van der Waals surface area (Å²) in [5.74, 6) is 0.387. The third-order valence-electron chi connectivity index (χ3n) is 2.17.